The minimum Gasteiger partial charge on any atom is -0.307 e. The third-order valence-electron chi connectivity index (χ3n) is 3.19. The Kier molecular flexibility index (Phi) is 3.25. The van der Waals surface area contributed by atoms with Gasteiger partial charge >= 0.3 is 0 Å². The Hall–Kier alpha value is -2.20. The summed E-state index contributed by atoms with van der Waals surface area (Å²) in [5, 5.41) is 3.46. The maximum Gasteiger partial charge on any atom is 0.137 e. The van der Waals surface area contributed by atoms with Gasteiger partial charge in [-0.15, -0.1) is 0 Å². The van der Waals surface area contributed by atoms with Crippen molar-refractivity contribution in [1.29, 1.82) is 0 Å². The summed E-state index contributed by atoms with van der Waals surface area (Å²) in [7, 11) is 0. The van der Waals surface area contributed by atoms with Gasteiger partial charge < -0.3 is 9.72 Å². The van der Waals surface area contributed by atoms with Crippen molar-refractivity contribution in [3.05, 3.63) is 66.4 Å². The molecule has 0 aliphatic carbocycles. The molecule has 96 valence electrons. The molecule has 0 bridgehead atoms. The highest BCUT2D eigenvalue weighted by Crippen LogP contribution is 2.11. The van der Waals surface area contributed by atoms with Gasteiger partial charge in [-0.3, -0.25) is 4.98 Å². The second kappa shape index (κ2) is 5.20. The second-order valence-electron chi connectivity index (χ2n) is 4.59. The number of imidazole rings is 1. The number of pyridine rings is 2. The Labute approximate surface area is 112 Å². The molecule has 3 aromatic heterocycles. The number of fused-ring (bicyclic) bond motifs is 1. The monoisotopic (exact) mass is 252 g/mol. The van der Waals surface area contributed by atoms with Crippen LogP contribution in [-0.2, 0) is 6.54 Å². The van der Waals surface area contributed by atoms with E-state index in [0.717, 1.165) is 17.9 Å². The predicted molar refractivity (Wildman–Crippen MR) is 74.7 cm³/mol. The van der Waals surface area contributed by atoms with Gasteiger partial charge in [0.25, 0.3) is 0 Å². The second-order valence-corrected chi connectivity index (χ2v) is 4.59. The van der Waals surface area contributed by atoms with Crippen molar-refractivity contribution in [3.63, 3.8) is 0 Å². The summed E-state index contributed by atoms with van der Waals surface area (Å²) in [5.41, 5.74) is 3.21. The maximum atomic E-state index is 4.56. The van der Waals surface area contributed by atoms with E-state index in [1.54, 1.807) is 6.20 Å². The molecule has 1 N–H and O–H groups in total. The van der Waals surface area contributed by atoms with E-state index in [4.69, 9.17) is 0 Å². The average molecular weight is 252 g/mol. The molecule has 0 spiro atoms. The van der Waals surface area contributed by atoms with Crippen molar-refractivity contribution in [2.45, 2.75) is 19.5 Å². The number of aromatic nitrogens is 3. The topological polar surface area (TPSA) is 42.2 Å². The molecule has 1 atom stereocenters. The van der Waals surface area contributed by atoms with Gasteiger partial charge in [-0.05, 0) is 30.7 Å². The van der Waals surface area contributed by atoms with Crippen LogP contribution in [0.5, 0.6) is 0 Å². The fraction of sp³-hybridized carbons (Fsp3) is 0.200. The van der Waals surface area contributed by atoms with E-state index in [1.165, 1.54) is 5.56 Å². The van der Waals surface area contributed by atoms with Crippen molar-refractivity contribution in [2.75, 3.05) is 0 Å². The summed E-state index contributed by atoms with van der Waals surface area (Å²) in [4.78, 5) is 8.70. The SMILES string of the molecule is C[C@@H](NCc1cn2ccccc2n1)c1cccnc1. The first-order valence-corrected chi connectivity index (χ1v) is 6.39. The molecule has 0 aliphatic heterocycles. The summed E-state index contributed by atoms with van der Waals surface area (Å²) >= 11 is 0. The minimum atomic E-state index is 0.263. The number of nitrogens with one attached hydrogen (secondary N) is 1. The molecule has 0 fully saturated rings. The molecule has 0 amide bonds. The summed E-state index contributed by atoms with van der Waals surface area (Å²) in [6.45, 7) is 2.88. The Morgan fingerprint density at radius 1 is 1.26 bits per heavy atom. The lowest BCUT2D eigenvalue weighted by atomic mass is 10.1. The first kappa shape index (κ1) is 11.9. The van der Waals surface area contributed by atoms with E-state index in [9.17, 15) is 0 Å². The molecule has 4 heteroatoms. The highest BCUT2D eigenvalue weighted by atomic mass is 15.0. The summed E-state index contributed by atoms with van der Waals surface area (Å²) in [5.74, 6) is 0. The van der Waals surface area contributed by atoms with Crippen molar-refractivity contribution in [3.8, 4) is 0 Å². The summed E-state index contributed by atoms with van der Waals surface area (Å²) in [6.07, 6.45) is 7.74. The van der Waals surface area contributed by atoms with Crippen LogP contribution in [-0.4, -0.2) is 14.4 Å². The Morgan fingerprint density at radius 2 is 2.21 bits per heavy atom. The van der Waals surface area contributed by atoms with Crippen LogP contribution in [0.25, 0.3) is 5.65 Å². The molecule has 19 heavy (non-hydrogen) atoms. The fourth-order valence-electron chi connectivity index (χ4n) is 2.08. The number of hydrogen-bond donors (Lipinski definition) is 1. The maximum absolute atomic E-state index is 4.56. The largest absolute Gasteiger partial charge is 0.307 e. The fourth-order valence-corrected chi connectivity index (χ4v) is 2.08. The van der Waals surface area contributed by atoms with Crippen molar-refractivity contribution in [2.24, 2.45) is 0 Å². The van der Waals surface area contributed by atoms with Crippen LogP contribution in [0.2, 0.25) is 0 Å². The van der Waals surface area contributed by atoms with Crippen molar-refractivity contribution in [1.82, 2.24) is 19.7 Å². The molecule has 0 aliphatic rings. The smallest absolute Gasteiger partial charge is 0.137 e. The summed E-state index contributed by atoms with van der Waals surface area (Å²) < 4.78 is 2.03. The van der Waals surface area contributed by atoms with E-state index >= 15 is 0 Å². The van der Waals surface area contributed by atoms with Gasteiger partial charge in [0.1, 0.15) is 5.65 Å². The van der Waals surface area contributed by atoms with Crippen LogP contribution in [0, 0.1) is 0 Å². The highest BCUT2D eigenvalue weighted by molar-refractivity contribution is 5.39. The molecule has 0 aromatic carbocycles. The van der Waals surface area contributed by atoms with Crippen molar-refractivity contribution < 1.29 is 0 Å². The molecule has 4 nitrogen and oxygen atoms in total. The minimum absolute atomic E-state index is 0.263. The molecule has 0 saturated heterocycles. The van der Waals surface area contributed by atoms with Crippen LogP contribution in [0.3, 0.4) is 0 Å². The molecule has 0 radical (unpaired) electrons. The average Bonchev–Trinajstić information content (AvgIpc) is 2.88. The molecular formula is C15H16N4. The third-order valence-corrected chi connectivity index (χ3v) is 3.19. The van der Waals surface area contributed by atoms with Gasteiger partial charge in [0.2, 0.25) is 0 Å². The van der Waals surface area contributed by atoms with Gasteiger partial charge in [0.05, 0.1) is 5.69 Å². The van der Waals surface area contributed by atoms with Gasteiger partial charge in [-0.25, -0.2) is 4.98 Å². The third kappa shape index (κ3) is 2.63. The zero-order valence-corrected chi connectivity index (χ0v) is 10.8. The zero-order chi connectivity index (χ0) is 13.1. The van der Waals surface area contributed by atoms with E-state index in [-0.39, 0.29) is 6.04 Å². The molecule has 0 unspecified atom stereocenters. The van der Waals surface area contributed by atoms with E-state index in [0.29, 0.717) is 0 Å². The molecule has 3 heterocycles. The lowest BCUT2D eigenvalue weighted by Crippen LogP contribution is -2.18. The normalized spacial score (nSPS) is 12.7. The number of hydrogen-bond acceptors (Lipinski definition) is 3. The van der Waals surface area contributed by atoms with Crippen LogP contribution in [0.15, 0.2) is 55.1 Å². The van der Waals surface area contributed by atoms with Gasteiger partial charge in [0.15, 0.2) is 0 Å². The highest BCUT2D eigenvalue weighted by Gasteiger charge is 2.06. The van der Waals surface area contributed by atoms with Gasteiger partial charge in [-0.1, -0.05) is 12.1 Å². The Balaban J connectivity index is 1.69. The lowest BCUT2D eigenvalue weighted by Gasteiger charge is -2.12. The Bertz CT molecular complexity index is 627. The molecule has 3 aromatic rings. The van der Waals surface area contributed by atoms with Crippen LogP contribution in [0.1, 0.15) is 24.2 Å². The first-order chi connectivity index (χ1) is 9.33. The molecule has 3 rings (SSSR count). The zero-order valence-electron chi connectivity index (χ0n) is 10.8. The predicted octanol–water partition coefficient (Wildman–Crippen LogP) is 2.58. The first-order valence-electron chi connectivity index (χ1n) is 6.39. The molecule has 0 saturated carbocycles. The number of nitrogens with zero attached hydrogens (tertiary/aromatic N) is 3. The van der Waals surface area contributed by atoms with Crippen LogP contribution < -0.4 is 5.32 Å². The van der Waals surface area contributed by atoms with E-state index < -0.39 is 0 Å². The lowest BCUT2D eigenvalue weighted by molar-refractivity contribution is 0.567. The quantitative estimate of drug-likeness (QED) is 0.776. The van der Waals surface area contributed by atoms with Gasteiger partial charge in [0, 0.05) is 37.4 Å². The van der Waals surface area contributed by atoms with Crippen molar-refractivity contribution >= 4 is 5.65 Å². The Morgan fingerprint density at radius 3 is 3.00 bits per heavy atom. The standard InChI is InChI=1S/C15H16N4/c1-12(13-5-4-7-16-9-13)17-10-14-11-19-8-3-2-6-15(19)18-14/h2-9,11-12,17H,10H2,1H3/t12-/m1/s1. The summed E-state index contributed by atoms with van der Waals surface area (Å²) in [6, 6.07) is 10.3. The van der Waals surface area contributed by atoms with Crippen LogP contribution in [0.4, 0.5) is 0 Å². The number of rotatable bonds is 4. The van der Waals surface area contributed by atoms with E-state index in [2.05, 4.69) is 34.5 Å². The van der Waals surface area contributed by atoms with Gasteiger partial charge in [-0.2, -0.15) is 0 Å². The molecular weight excluding hydrogens is 236 g/mol. The van der Waals surface area contributed by atoms with Crippen LogP contribution >= 0.6 is 0 Å². The van der Waals surface area contributed by atoms with E-state index in [1.807, 2.05) is 41.1 Å².